The van der Waals surface area contributed by atoms with Crippen LogP contribution in [0.4, 0.5) is 0 Å². The zero-order valence-electron chi connectivity index (χ0n) is 14.6. The molecule has 0 radical (unpaired) electrons. The Bertz CT molecular complexity index is 515. The number of hydrogen-bond acceptors (Lipinski definition) is 3. The third kappa shape index (κ3) is 2.14. The van der Waals surface area contributed by atoms with E-state index in [1.165, 1.54) is 32.1 Å². The molecule has 0 spiro atoms. The predicted molar refractivity (Wildman–Crippen MR) is 87.7 cm³/mol. The van der Waals surface area contributed by atoms with E-state index in [0.717, 1.165) is 37.5 Å². The van der Waals surface area contributed by atoms with Crippen molar-refractivity contribution in [1.29, 1.82) is 0 Å². The predicted octanol–water partition coefficient (Wildman–Crippen LogP) is 4.14. The molecule has 4 aliphatic carbocycles. The lowest BCUT2D eigenvalue weighted by molar-refractivity contribution is -0.153. The molecule has 3 unspecified atom stereocenters. The largest absolute Gasteiger partial charge is 0.464 e. The molecule has 0 saturated heterocycles. The molecule has 4 saturated carbocycles. The zero-order valence-corrected chi connectivity index (χ0v) is 14.6. The summed E-state index contributed by atoms with van der Waals surface area (Å²) < 4.78 is 5.48. The van der Waals surface area contributed by atoms with Gasteiger partial charge in [0, 0.05) is 18.3 Å². The van der Waals surface area contributed by atoms with Crippen molar-refractivity contribution in [3.05, 3.63) is 0 Å². The average Bonchev–Trinajstić information content (AvgIpc) is 2.85. The van der Waals surface area contributed by atoms with Gasteiger partial charge in [0.05, 0.1) is 0 Å². The van der Waals surface area contributed by atoms with E-state index in [0.29, 0.717) is 29.5 Å². The maximum absolute atomic E-state index is 11.9. The molecule has 23 heavy (non-hydrogen) atoms. The van der Waals surface area contributed by atoms with Crippen LogP contribution in [-0.4, -0.2) is 18.4 Å². The molecule has 0 aromatic heterocycles. The summed E-state index contributed by atoms with van der Waals surface area (Å²) in [4.78, 5) is 22.8. The highest BCUT2D eigenvalue weighted by Crippen LogP contribution is 2.66. The Kier molecular flexibility index (Phi) is 3.62. The minimum atomic E-state index is 0.129. The molecular weight excluding hydrogens is 288 g/mol. The van der Waals surface area contributed by atoms with E-state index in [2.05, 4.69) is 13.8 Å². The number of ketones is 1. The van der Waals surface area contributed by atoms with Crippen molar-refractivity contribution in [3.8, 4) is 0 Å². The first-order valence-electron chi connectivity index (χ1n) is 9.60. The first-order valence-corrected chi connectivity index (χ1v) is 9.60. The third-order valence-corrected chi connectivity index (χ3v) is 8.61. The summed E-state index contributed by atoms with van der Waals surface area (Å²) >= 11 is 0. The minimum absolute atomic E-state index is 0.129. The fourth-order valence-electron chi connectivity index (χ4n) is 7.29. The monoisotopic (exact) mass is 318 g/mol. The second-order valence-electron chi connectivity index (χ2n) is 9.24. The van der Waals surface area contributed by atoms with Crippen LogP contribution in [0, 0.1) is 34.5 Å². The van der Waals surface area contributed by atoms with Gasteiger partial charge < -0.3 is 4.74 Å². The van der Waals surface area contributed by atoms with Gasteiger partial charge in [0.1, 0.15) is 11.9 Å². The number of ether oxygens (including phenoxy) is 1. The summed E-state index contributed by atoms with van der Waals surface area (Å²) in [5.74, 6) is 3.39. The van der Waals surface area contributed by atoms with Crippen molar-refractivity contribution < 1.29 is 14.3 Å². The fraction of sp³-hybridized carbons (Fsp3) is 0.900. The van der Waals surface area contributed by atoms with Gasteiger partial charge in [-0.15, -0.1) is 0 Å². The van der Waals surface area contributed by atoms with Gasteiger partial charge in [-0.3, -0.25) is 9.59 Å². The van der Waals surface area contributed by atoms with Crippen LogP contribution in [0.5, 0.6) is 0 Å². The molecule has 0 aromatic carbocycles. The van der Waals surface area contributed by atoms with E-state index < -0.39 is 0 Å². The van der Waals surface area contributed by atoms with E-state index >= 15 is 0 Å². The topological polar surface area (TPSA) is 43.4 Å². The van der Waals surface area contributed by atoms with Crippen molar-refractivity contribution >= 4 is 12.3 Å². The second-order valence-corrected chi connectivity index (χ2v) is 9.24. The molecule has 0 heterocycles. The number of hydrogen-bond donors (Lipinski definition) is 0. The maximum atomic E-state index is 11.9. The summed E-state index contributed by atoms with van der Waals surface area (Å²) in [6.07, 6.45) is 10.1. The molecule has 0 aliphatic heterocycles. The van der Waals surface area contributed by atoms with Gasteiger partial charge in [0.15, 0.2) is 0 Å². The first-order chi connectivity index (χ1) is 11.0. The molecule has 128 valence electrons. The normalized spacial score (nSPS) is 52.3. The van der Waals surface area contributed by atoms with E-state index in [9.17, 15) is 9.59 Å². The van der Waals surface area contributed by atoms with Crippen LogP contribution in [0.1, 0.15) is 71.6 Å². The van der Waals surface area contributed by atoms with E-state index in [1.807, 2.05) is 0 Å². The zero-order chi connectivity index (χ0) is 16.2. The lowest BCUT2D eigenvalue weighted by Gasteiger charge is -2.60. The Hall–Kier alpha value is -0.860. The first kappa shape index (κ1) is 15.7. The highest BCUT2D eigenvalue weighted by atomic mass is 16.5. The molecule has 0 amide bonds. The Morgan fingerprint density at radius 2 is 1.78 bits per heavy atom. The Balaban J connectivity index is 1.60. The third-order valence-electron chi connectivity index (χ3n) is 8.61. The molecular formula is C20H30O3. The van der Waals surface area contributed by atoms with Gasteiger partial charge in [-0.25, -0.2) is 0 Å². The molecule has 3 nitrogen and oxygen atoms in total. The Morgan fingerprint density at radius 3 is 2.57 bits per heavy atom. The van der Waals surface area contributed by atoms with Crippen LogP contribution >= 0.6 is 0 Å². The van der Waals surface area contributed by atoms with E-state index in [1.54, 1.807) is 0 Å². The number of carbonyl (C=O) groups is 2. The lowest BCUT2D eigenvalue weighted by Crippen LogP contribution is -2.54. The highest BCUT2D eigenvalue weighted by molar-refractivity contribution is 5.79. The highest BCUT2D eigenvalue weighted by Gasteiger charge is 2.60. The SMILES string of the molecule is C[C@]12CCC3C(CC[C@@H]4CC(=O)CC[C@]34C)C1CC[C@@H]2OC=O. The van der Waals surface area contributed by atoms with Crippen LogP contribution in [0.25, 0.3) is 0 Å². The van der Waals surface area contributed by atoms with Gasteiger partial charge >= 0.3 is 0 Å². The molecule has 4 rings (SSSR count). The summed E-state index contributed by atoms with van der Waals surface area (Å²) in [7, 11) is 0. The number of Topliss-reactive ketones (excluding diaryl/α,β-unsaturated/α-hetero) is 1. The van der Waals surface area contributed by atoms with E-state index in [-0.39, 0.29) is 11.5 Å². The molecule has 0 aromatic rings. The lowest BCUT2D eigenvalue weighted by atomic mass is 9.45. The molecule has 0 N–H and O–H groups in total. The smallest absolute Gasteiger partial charge is 0.293 e. The summed E-state index contributed by atoms with van der Waals surface area (Å²) in [5.41, 5.74) is 0.567. The van der Waals surface area contributed by atoms with Crippen LogP contribution in [0.3, 0.4) is 0 Å². The molecule has 0 bridgehead atoms. The number of carbonyl (C=O) groups excluding carboxylic acids is 2. The van der Waals surface area contributed by atoms with E-state index in [4.69, 9.17) is 4.74 Å². The summed E-state index contributed by atoms with van der Waals surface area (Å²) in [6.45, 7) is 5.52. The molecule has 4 fully saturated rings. The van der Waals surface area contributed by atoms with Crippen molar-refractivity contribution in [3.63, 3.8) is 0 Å². The van der Waals surface area contributed by atoms with Crippen LogP contribution in [-0.2, 0) is 14.3 Å². The van der Waals surface area contributed by atoms with Crippen molar-refractivity contribution in [2.45, 2.75) is 77.7 Å². The number of fused-ring (bicyclic) bond motifs is 5. The van der Waals surface area contributed by atoms with Gasteiger partial charge in [-0.05, 0) is 74.0 Å². The molecule has 7 atom stereocenters. The average molecular weight is 318 g/mol. The summed E-state index contributed by atoms with van der Waals surface area (Å²) in [6, 6.07) is 0. The van der Waals surface area contributed by atoms with Gasteiger partial charge in [-0.2, -0.15) is 0 Å². The van der Waals surface area contributed by atoms with Crippen molar-refractivity contribution in [2.75, 3.05) is 0 Å². The number of rotatable bonds is 2. The standard InChI is InChI=1S/C20H30O3/c1-19-9-7-14(22)11-13(19)3-4-15-16-5-6-18(23-12-21)20(16,2)10-8-17(15)19/h12-13,15-18H,3-11H2,1-2H3/t13-,15?,16?,17?,18+,19+,20+/m1/s1. The fourth-order valence-corrected chi connectivity index (χ4v) is 7.29. The van der Waals surface area contributed by atoms with Crippen LogP contribution in [0.2, 0.25) is 0 Å². The van der Waals surface area contributed by atoms with Gasteiger partial charge in [-0.1, -0.05) is 13.8 Å². The second kappa shape index (κ2) is 5.32. The van der Waals surface area contributed by atoms with Gasteiger partial charge in [0.2, 0.25) is 0 Å². The quantitative estimate of drug-likeness (QED) is 0.719. The van der Waals surface area contributed by atoms with Crippen molar-refractivity contribution in [2.24, 2.45) is 34.5 Å². The Morgan fingerprint density at radius 1 is 1.00 bits per heavy atom. The van der Waals surface area contributed by atoms with Gasteiger partial charge in [0.25, 0.3) is 6.47 Å². The summed E-state index contributed by atoms with van der Waals surface area (Å²) in [5, 5.41) is 0. The maximum Gasteiger partial charge on any atom is 0.293 e. The minimum Gasteiger partial charge on any atom is -0.464 e. The van der Waals surface area contributed by atoms with Crippen LogP contribution in [0.15, 0.2) is 0 Å². The molecule has 4 aliphatic rings. The van der Waals surface area contributed by atoms with Crippen molar-refractivity contribution in [1.82, 2.24) is 0 Å². The van der Waals surface area contributed by atoms with Crippen LogP contribution < -0.4 is 0 Å². The molecule has 3 heteroatoms. The Labute approximate surface area is 139 Å².